The molecule has 33 heavy (non-hydrogen) atoms. The van der Waals surface area contributed by atoms with Gasteiger partial charge in [-0.15, -0.1) is 0 Å². The second-order valence-electron chi connectivity index (χ2n) is 9.43. The van der Waals surface area contributed by atoms with E-state index in [-0.39, 0.29) is 10.5 Å². The van der Waals surface area contributed by atoms with Crippen molar-refractivity contribution in [2.45, 2.75) is 74.6 Å². The number of hydrogen-bond acceptors (Lipinski definition) is 6. The van der Waals surface area contributed by atoms with Crippen molar-refractivity contribution >= 4 is 27.6 Å². The summed E-state index contributed by atoms with van der Waals surface area (Å²) in [5.41, 5.74) is -0.120. The molecule has 3 aliphatic rings. The Kier molecular flexibility index (Phi) is 7.28. The minimum atomic E-state index is -3.74. The number of nitrogens with zero attached hydrogens (tertiary/aromatic N) is 2. The maximum atomic E-state index is 13.7. The SMILES string of the molecule is COC(=O)C1(NC(=O)c2ccc(N3CCCCC3)c(S(=O)(=O)N3CCCCC3)c2)CCCC1. The normalized spacial score (nSPS) is 21.5. The van der Waals surface area contributed by atoms with E-state index >= 15 is 0 Å². The zero-order valence-corrected chi connectivity index (χ0v) is 20.3. The monoisotopic (exact) mass is 477 g/mol. The van der Waals surface area contributed by atoms with Crippen LogP contribution >= 0.6 is 0 Å². The number of piperidine rings is 2. The van der Waals surface area contributed by atoms with Gasteiger partial charge in [0.1, 0.15) is 10.4 Å². The van der Waals surface area contributed by atoms with Gasteiger partial charge in [-0.05, 0) is 63.1 Å². The van der Waals surface area contributed by atoms with Gasteiger partial charge in [-0.1, -0.05) is 19.3 Å². The molecule has 2 aliphatic heterocycles. The van der Waals surface area contributed by atoms with Gasteiger partial charge in [-0.25, -0.2) is 13.2 Å². The molecule has 9 heteroatoms. The topological polar surface area (TPSA) is 96.0 Å². The molecule has 2 heterocycles. The smallest absolute Gasteiger partial charge is 0.331 e. The van der Waals surface area contributed by atoms with E-state index in [9.17, 15) is 18.0 Å². The summed E-state index contributed by atoms with van der Waals surface area (Å²) in [6.07, 6.45) is 8.62. The number of amides is 1. The molecule has 1 N–H and O–H groups in total. The Labute approximate surface area is 196 Å². The average Bonchev–Trinajstić information content (AvgIpc) is 3.33. The van der Waals surface area contributed by atoms with Gasteiger partial charge in [0.25, 0.3) is 5.91 Å². The molecule has 1 aliphatic carbocycles. The van der Waals surface area contributed by atoms with Gasteiger partial charge in [0.15, 0.2) is 0 Å². The highest BCUT2D eigenvalue weighted by atomic mass is 32.2. The molecule has 0 spiro atoms. The Morgan fingerprint density at radius 1 is 0.909 bits per heavy atom. The highest BCUT2D eigenvalue weighted by Gasteiger charge is 2.44. The number of rotatable bonds is 6. The molecule has 0 atom stereocenters. The molecule has 1 aromatic rings. The van der Waals surface area contributed by atoms with Crippen molar-refractivity contribution in [2.75, 3.05) is 38.2 Å². The second kappa shape index (κ2) is 10.0. The van der Waals surface area contributed by atoms with E-state index in [0.29, 0.717) is 31.6 Å². The number of nitrogens with one attached hydrogen (secondary N) is 1. The molecular weight excluding hydrogens is 442 g/mol. The van der Waals surface area contributed by atoms with Crippen LogP contribution in [0, 0.1) is 0 Å². The van der Waals surface area contributed by atoms with Crippen LogP contribution in [0.25, 0.3) is 0 Å². The largest absolute Gasteiger partial charge is 0.467 e. The summed E-state index contributed by atoms with van der Waals surface area (Å²) in [5.74, 6) is -0.887. The van der Waals surface area contributed by atoms with Crippen LogP contribution in [0.1, 0.15) is 74.6 Å². The van der Waals surface area contributed by atoms with Crippen molar-refractivity contribution in [3.63, 3.8) is 0 Å². The molecule has 0 radical (unpaired) electrons. The first-order chi connectivity index (χ1) is 15.9. The molecule has 1 aromatic carbocycles. The summed E-state index contributed by atoms with van der Waals surface area (Å²) < 4.78 is 33.9. The van der Waals surface area contributed by atoms with E-state index in [0.717, 1.165) is 64.5 Å². The second-order valence-corrected chi connectivity index (χ2v) is 11.3. The predicted octanol–water partition coefficient (Wildman–Crippen LogP) is 3.07. The molecule has 2 saturated heterocycles. The number of methoxy groups -OCH3 is 1. The minimum absolute atomic E-state index is 0.192. The zero-order chi connectivity index (χ0) is 23.5. The fraction of sp³-hybridized carbons (Fsp3) is 0.667. The summed E-state index contributed by atoms with van der Waals surface area (Å²) in [6.45, 7) is 2.62. The Morgan fingerprint density at radius 3 is 2.12 bits per heavy atom. The third-order valence-electron chi connectivity index (χ3n) is 7.24. The van der Waals surface area contributed by atoms with E-state index in [4.69, 9.17) is 4.74 Å². The summed E-state index contributed by atoms with van der Waals surface area (Å²) in [7, 11) is -2.42. The van der Waals surface area contributed by atoms with Gasteiger partial charge >= 0.3 is 5.97 Å². The molecule has 0 unspecified atom stereocenters. The fourth-order valence-corrected chi connectivity index (χ4v) is 7.10. The lowest BCUT2D eigenvalue weighted by Crippen LogP contribution is -2.53. The summed E-state index contributed by atoms with van der Waals surface area (Å²) in [5, 5.41) is 2.88. The van der Waals surface area contributed by atoms with Gasteiger partial charge in [-0.3, -0.25) is 4.79 Å². The number of esters is 1. The van der Waals surface area contributed by atoms with Crippen molar-refractivity contribution in [3.8, 4) is 0 Å². The quantitative estimate of drug-likeness (QED) is 0.633. The standard InChI is InChI=1S/C24H35N3O5S/c1-32-23(29)24(12-4-5-13-24)25-22(28)19-10-11-20(26-14-6-2-7-15-26)21(18-19)33(30,31)27-16-8-3-9-17-27/h10-11,18H,2-9,12-17H2,1H3,(H,25,28). The van der Waals surface area contributed by atoms with E-state index < -0.39 is 27.4 Å². The van der Waals surface area contributed by atoms with Crippen molar-refractivity contribution in [3.05, 3.63) is 23.8 Å². The molecule has 182 valence electrons. The van der Waals surface area contributed by atoms with Crippen LogP contribution in [0.4, 0.5) is 5.69 Å². The van der Waals surface area contributed by atoms with Crippen LogP contribution in [0.15, 0.2) is 23.1 Å². The van der Waals surface area contributed by atoms with Crippen molar-refractivity contribution < 1.29 is 22.7 Å². The highest BCUT2D eigenvalue weighted by molar-refractivity contribution is 7.89. The Morgan fingerprint density at radius 2 is 1.52 bits per heavy atom. The lowest BCUT2D eigenvalue weighted by atomic mass is 9.97. The molecule has 3 fully saturated rings. The van der Waals surface area contributed by atoms with Crippen LogP contribution < -0.4 is 10.2 Å². The Bertz CT molecular complexity index is 976. The number of sulfonamides is 1. The molecule has 0 aromatic heterocycles. The van der Waals surface area contributed by atoms with E-state index in [1.807, 2.05) is 0 Å². The van der Waals surface area contributed by atoms with E-state index in [1.54, 1.807) is 16.4 Å². The van der Waals surface area contributed by atoms with Crippen molar-refractivity contribution in [2.24, 2.45) is 0 Å². The molecule has 1 saturated carbocycles. The van der Waals surface area contributed by atoms with Crippen molar-refractivity contribution in [1.82, 2.24) is 9.62 Å². The molecular formula is C24H35N3O5S. The minimum Gasteiger partial charge on any atom is -0.467 e. The molecule has 8 nitrogen and oxygen atoms in total. The van der Waals surface area contributed by atoms with E-state index in [1.165, 1.54) is 13.2 Å². The number of ether oxygens (including phenoxy) is 1. The maximum absolute atomic E-state index is 13.7. The molecule has 1 amide bonds. The Balaban J connectivity index is 1.69. The van der Waals surface area contributed by atoms with Crippen molar-refractivity contribution in [1.29, 1.82) is 0 Å². The molecule has 4 rings (SSSR count). The lowest BCUT2D eigenvalue weighted by molar-refractivity contribution is -0.148. The van der Waals surface area contributed by atoms with Crippen LogP contribution in [0.5, 0.6) is 0 Å². The fourth-order valence-electron chi connectivity index (χ4n) is 5.35. The average molecular weight is 478 g/mol. The molecule has 0 bridgehead atoms. The van der Waals surface area contributed by atoms with Gasteiger partial charge in [-0.2, -0.15) is 4.31 Å². The van der Waals surface area contributed by atoms with Crippen LogP contribution in [0.2, 0.25) is 0 Å². The number of hydrogen-bond donors (Lipinski definition) is 1. The number of carbonyl (C=O) groups is 2. The first kappa shape index (κ1) is 24.0. The van der Waals surface area contributed by atoms with Crippen LogP contribution in [0.3, 0.4) is 0 Å². The third-order valence-corrected chi connectivity index (χ3v) is 9.17. The van der Waals surface area contributed by atoms with Crippen LogP contribution in [-0.4, -0.2) is 63.4 Å². The van der Waals surface area contributed by atoms with Gasteiger partial charge in [0.2, 0.25) is 10.0 Å². The lowest BCUT2D eigenvalue weighted by Gasteiger charge is -2.33. The first-order valence-electron chi connectivity index (χ1n) is 12.2. The zero-order valence-electron chi connectivity index (χ0n) is 19.5. The highest BCUT2D eigenvalue weighted by Crippen LogP contribution is 2.34. The van der Waals surface area contributed by atoms with E-state index in [2.05, 4.69) is 10.2 Å². The summed E-state index contributed by atoms with van der Waals surface area (Å²) >= 11 is 0. The Hall–Kier alpha value is -2.13. The number of benzene rings is 1. The summed E-state index contributed by atoms with van der Waals surface area (Å²) in [4.78, 5) is 28.0. The number of carbonyl (C=O) groups excluding carboxylic acids is 2. The van der Waals surface area contributed by atoms with Gasteiger partial charge in [0.05, 0.1) is 12.8 Å². The van der Waals surface area contributed by atoms with Crippen LogP contribution in [-0.2, 0) is 19.6 Å². The predicted molar refractivity (Wildman–Crippen MR) is 126 cm³/mol. The first-order valence-corrected chi connectivity index (χ1v) is 13.6. The third kappa shape index (κ3) is 4.89. The maximum Gasteiger partial charge on any atom is 0.331 e. The van der Waals surface area contributed by atoms with Gasteiger partial charge < -0.3 is 15.0 Å². The summed E-state index contributed by atoms with van der Waals surface area (Å²) in [6, 6.07) is 4.94. The van der Waals surface area contributed by atoms with Gasteiger partial charge in [0, 0.05) is 31.7 Å². The number of anilines is 1.